The topological polar surface area (TPSA) is 72.9 Å². The van der Waals surface area contributed by atoms with Crippen LogP contribution in [0.4, 0.5) is 4.39 Å². The van der Waals surface area contributed by atoms with E-state index in [0.29, 0.717) is 6.42 Å². The van der Waals surface area contributed by atoms with Crippen LogP contribution >= 0.6 is 11.8 Å². The van der Waals surface area contributed by atoms with Crippen LogP contribution < -0.4 is 5.32 Å². The highest BCUT2D eigenvalue weighted by atomic mass is 32.2. The first-order chi connectivity index (χ1) is 11.5. The number of Topliss-reactive ketones (excluding diaryl/α,β-unsaturated/α-hetero) is 1. The van der Waals surface area contributed by atoms with Gasteiger partial charge in [0.15, 0.2) is 5.78 Å². The normalized spacial score (nSPS) is 43.0. The molecule has 8 heteroatoms. The highest BCUT2D eigenvalue weighted by molar-refractivity contribution is 8.05. The lowest BCUT2D eigenvalue weighted by Crippen LogP contribution is -2.68. The molecule has 0 aromatic carbocycles. The van der Waals surface area contributed by atoms with Gasteiger partial charge in [0.2, 0.25) is 0 Å². The van der Waals surface area contributed by atoms with E-state index < -0.39 is 24.0 Å². The second-order valence-electron chi connectivity index (χ2n) is 7.04. The Morgan fingerprint density at radius 1 is 1.29 bits per heavy atom. The van der Waals surface area contributed by atoms with Crippen molar-refractivity contribution in [3.8, 4) is 0 Å². The van der Waals surface area contributed by atoms with Gasteiger partial charge in [-0.25, -0.2) is 4.39 Å². The lowest BCUT2D eigenvalue weighted by atomic mass is 9.71. The van der Waals surface area contributed by atoms with Gasteiger partial charge in [0.25, 0.3) is 0 Å². The molecule has 0 aromatic rings. The minimum absolute atomic E-state index is 0.112. The number of ketones is 1. The van der Waals surface area contributed by atoms with Crippen LogP contribution in [-0.4, -0.2) is 76.5 Å². The van der Waals surface area contributed by atoms with Crippen LogP contribution in [0.25, 0.3) is 0 Å². The summed E-state index contributed by atoms with van der Waals surface area (Å²) in [6, 6.07) is -0.305. The lowest BCUT2D eigenvalue weighted by Gasteiger charge is -2.59. The van der Waals surface area contributed by atoms with E-state index in [0.717, 1.165) is 31.2 Å². The second kappa shape index (κ2) is 6.00. The predicted molar refractivity (Wildman–Crippen MR) is 88.1 cm³/mol. The van der Waals surface area contributed by atoms with E-state index >= 15 is 0 Å². The first-order valence-electron chi connectivity index (χ1n) is 8.48. The van der Waals surface area contributed by atoms with Crippen molar-refractivity contribution >= 4 is 23.5 Å². The average Bonchev–Trinajstić information content (AvgIpc) is 2.55. The van der Waals surface area contributed by atoms with E-state index in [2.05, 4.69) is 16.8 Å². The first kappa shape index (κ1) is 16.4. The molecule has 0 radical (unpaired) electrons. The van der Waals surface area contributed by atoms with Crippen LogP contribution in [0.3, 0.4) is 0 Å². The summed E-state index contributed by atoms with van der Waals surface area (Å²) < 4.78 is 14.8. The summed E-state index contributed by atoms with van der Waals surface area (Å²) in [6.07, 6.45) is -0.384. The fourth-order valence-corrected chi connectivity index (χ4v) is 5.96. The Hall–Kier alpha value is -1.12. The number of nitrogens with zero attached hydrogens (tertiary/aromatic N) is 2. The van der Waals surface area contributed by atoms with Gasteiger partial charge in [-0.15, -0.1) is 0 Å². The van der Waals surface area contributed by atoms with Crippen molar-refractivity contribution in [1.82, 2.24) is 15.1 Å². The number of piperazine rings is 1. The Bertz CT molecular complexity index is 583. The molecular weight excluding hydrogens is 333 g/mol. The van der Waals surface area contributed by atoms with E-state index in [1.807, 2.05) is 4.90 Å². The predicted octanol–water partition coefficient (Wildman–Crippen LogP) is 0.507. The molecule has 1 aliphatic carbocycles. The molecule has 6 atom stereocenters. The minimum atomic E-state index is -1.10. The summed E-state index contributed by atoms with van der Waals surface area (Å²) in [5, 5.41) is 13.1. The number of piperidine rings is 1. The van der Waals surface area contributed by atoms with E-state index in [4.69, 9.17) is 0 Å². The molecule has 4 fully saturated rings. The summed E-state index contributed by atoms with van der Waals surface area (Å²) in [4.78, 5) is 28.4. The van der Waals surface area contributed by atoms with Gasteiger partial charge in [-0.2, -0.15) is 0 Å². The maximum atomic E-state index is 14.8. The zero-order chi connectivity index (χ0) is 17.0. The van der Waals surface area contributed by atoms with Gasteiger partial charge in [-0.3, -0.25) is 14.5 Å². The number of carboxylic acids is 1. The smallest absolute Gasteiger partial charge is 0.317 e. The molecular formula is C16H22FN3O3S. The van der Waals surface area contributed by atoms with Gasteiger partial charge < -0.3 is 15.3 Å². The molecule has 3 saturated heterocycles. The minimum Gasteiger partial charge on any atom is -0.481 e. The zero-order valence-corrected chi connectivity index (χ0v) is 14.2. The molecule has 6 unspecified atom stereocenters. The maximum Gasteiger partial charge on any atom is 0.317 e. The number of fused-ring (bicyclic) bond motifs is 3. The maximum absolute atomic E-state index is 14.8. The van der Waals surface area contributed by atoms with Crippen LogP contribution in [0, 0.1) is 11.8 Å². The third-order valence-corrected chi connectivity index (χ3v) is 7.09. The van der Waals surface area contributed by atoms with Gasteiger partial charge >= 0.3 is 5.97 Å². The summed E-state index contributed by atoms with van der Waals surface area (Å²) in [6.45, 7) is 7.31. The molecule has 0 amide bonds. The van der Waals surface area contributed by atoms with Gasteiger partial charge in [-0.1, -0.05) is 18.3 Å². The highest BCUT2D eigenvalue weighted by Crippen LogP contribution is 2.54. The Morgan fingerprint density at radius 3 is 2.62 bits per heavy atom. The van der Waals surface area contributed by atoms with Crippen molar-refractivity contribution in [3.63, 3.8) is 0 Å². The molecule has 6 nitrogen and oxygen atoms in total. The van der Waals surface area contributed by atoms with Crippen molar-refractivity contribution in [1.29, 1.82) is 0 Å². The number of alkyl halides is 1. The molecule has 24 heavy (non-hydrogen) atoms. The third kappa shape index (κ3) is 2.38. The number of rotatable bonds is 2. The van der Waals surface area contributed by atoms with E-state index in [9.17, 15) is 19.1 Å². The van der Waals surface area contributed by atoms with Crippen LogP contribution in [-0.2, 0) is 9.59 Å². The Labute approximate surface area is 144 Å². The average molecular weight is 355 g/mol. The van der Waals surface area contributed by atoms with Crippen LogP contribution in [0.5, 0.6) is 0 Å². The third-order valence-electron chi connectivity index (χ3n) is 5.86. The van der Waals surface area contributed by atoms with Crippen molar-refractivity contribution in [3.05, 3.63) is 11.6 Å². The largest absolute Gasteiger partial charge is 0.481 e. The molecule has 1 saturated carbocycles. The number of halogens is 1. The molecule has 132 valence electrons. The van der Waals surface area contributed by atoms with E-state index in [1.165, 1.54) is 11.8 Å². The number of carboxylic acid groups (broad SMARTS) is 1. The molecule has 4 rings (SSSR count). The molecule has 0 aromatic heterocycles. The van der Waals surface area contributed by atoms with Gasteiger partial charge in [-0.05, 0) is 12.8 Å². The Kier molecular flexibility index (Phi) is 4.09. The standard InChI is InChI=1S/C16H22FN3O3S/c1-8-20-11-7-12(19-4-2-18-3-5-19)10(17)6-9(11)14(21)13(16(22)23)15(20)24-8/h9-13,15,18H,1-7H2,(H,22,23). The molecule has 3 aliphatic heterocycles. The SMILES string of the molecule is C=C1SC2C(C(=O)O)C(=O)C3CC(F)C(N4CCNCC4)CC3N12. The summed E-state index contributed by atoms with van der Waals surface area (Å²) in [5.41, 5.74) is 0. The van der Waals surface area contributed by atoms with Crippen molar-refractivity contribution < 1.29 is 19.1 Å². The molecule has 0 spiro atoms. The lowest BCUT2D eigenvalue weighted by molar-refractivity contribution is -0.156. The molecule has 4 aliphatic rings. The highest BCUT2D eigenvalue weighted by Gasteiger charge is 2.59. The van der Waals surface area contributed by atoms with E-state index in [1.54, 1.807) is 0 Å². The van der Waals surface area contributed by atoms with Crippen LogP contribution in [0.2, 0.25) is 0 Å². The fourth-order valence-electron chi connectivity index (χ4n) is 4.69. The number of nitrogens with one attached hydrogen (secondary N) is 1. The molecule has 0 bridgehead atoms. The van der Waals surface area contributed by atoms with Gasteiger partial charge in [0.1, 0.15) is 17.5 Å². The number of hydrogen-bond acceptors (Lipinski definition) is 6. The number of hydrogen-bond donors (Lipinski definition) is 2. The van der Waals surface area contributed by atoms with Gasteiger partial charge in [0, 0.05) is 44.2 Å². The summed E-state index contributed by atoms with van der Waals surface area (Å²) >= 11 is 1.36. The molecule has 3 heterocycles. The van der Waals surface area contributed by atoms with Crippen molar-refractivity contribution in [2.45, 2.75) is 36.5 Å². The number of carbonyl (C=O) groups excluding carboxylic acids is 1. The van der Waals surface area contributed by atoms with E-state index in [-0.39, 0.29) is 29.7 Å². The zero-order valence-electron chi connectivity index (χ0n) is 13.4. The Morgan fingerprint density at radius 2 is 2.00 bits per heavy atom. The monoisotopic (exact) mass is 355 g/mol. The quantitative estimate of drug-likeness (QED) is 0.699. The van der Waals surface area contributed by atoms with Crippen molar-refractivity contribution in [2.75, 3.05) is 26.2 Å². The first-order valence-corrected chi connectivity index (χ1v) is 9.36. The number of carbonyl (C=O) groups is 2. The van der Waals surface area contributed by atoms with Crippen molar-refractivity contribution in [2.24, 2.45) is 11.8 Å². The van der Waals surface area contributed by atoms with Crippen LogP contribution in [0.15, 0.2) is 11.6 Å². The van der Waals surface area contributed by atoms with Gasteiger partial charge in [0.05, 0.1) is 5.03 Å². The molecule has 2 N–H and O–H groups in total. The Balaban J connectivity index is 1.59. The summed E-state index contributed by atoms with van der Waals surface area (Å²) in [5.74, 6) is -3.00. The number of thioether (sulfide) groups is 1. The number of aliphatic carboxylic acids is 1. The van der Waals surface area contributed by atoms with Crippen LogP contribution in [0.1, 0.15) is 12.8 Å². The second-order valence-corrected chi connectivity index (χ2v) is 8.23. The summed E-state index contributed by atoms with van der Waals surface area (Å²) in [7, 11) is 0. The fraction of sp³-hybridized carbons (Fsp3) is 0.750.